The highest BCUT2D eigenvalue weighted by molar-refractivity contribution is 7.90. The number of fused-ring (bicyclic) bond motifs is 2. The molecular formula is C18H25NO5S. The Hall–Kier alpha value is -1.60. The number of ether oxygens (including phenoxy) is 2. The van der Waals surface area contributed by atoms with Crippen molar-refractivity contribution < 1.29 is 22.7 Å². The zero-order valence-electron chi connectivity index (χ0n) is 15.0. The van der Waals surface area contributed by atoms with E-state index in [1.807, 2.05) is 18.6 Å². The van der Waals surface area contributed by atoms with E-state index in [4.69, 9.17) is 9.47 Å². The maximum atomic E-state index is 12.3. The first-order valence-corrected chi connectivity index (χ1v) is 10.0. The molecule has 2 aliphatic heterocycles. The number of carbonyl (C=O) groups is 1. The van der Waals surface area contributed by atoms with Crippen molar-refractivity contribution >= 4 is 16.1 Å². The highest BCUT2D eigenvalue weighted by atomic mass is 32.2. The van der Waals surface area contributed by atoms with Gasteiger partial charge in [-0.05, 0) is 44.7 Å². The Labute approximate surface area is 148 Å². The van der Waals surface area contributed by atoms with Gasteiger partial charge < -0.3 is 9.47 Å². The molecule has 2 saturated heterocycles. The lowest BCUT2D eigenvalue weighted by Crippen LogP contribution is -2.43. The molecule has 1 N–H and O–H groups in total. The standard InChI is InChI=1S/C18H25NO5S/c1-12(2)18-10-9-17(4,24-18)15(11-18)23-16(20)19-25(21,22)14-7-5-13(3)6-8-14/h5-8,12,15H,9-11H2,1-4H3,(H,19,20)/t15-,17-,18+/m0/s1. The van der Waals surface area contributed by atoms with Gasteiger partial charge in [-0.3, -0.25) is 0 Å². The molecule has 0 spiro atoms. The summed E-state index contributed by atoms with van der Waals surface area (Å²) in [6, 6.07) is 6.27. The Morgan fingerprint density at radius 3 is 2.48 bits per heavy atom. The molecule has 0 aromatic heterocycles. The van der Waals surface area contributed by atoms with Gasteiger partial charge in [0.25, 0.3) is 10.0 Å². The molecule has 2 fully saturated rings. The predicted octanol–water partition coefficient (Wildman–Crippen LogP) is 3.15. The first-order chi connectivity index (χ1) is 11.6. The van der Waals surface area contributed by atoms with Crippen LogP contribution >= 0.6 is 0 Å². The van der Waals surface area contributed by atoms with Crippen LogP contribution in [0.1, 0.15) is 45.6 Å². The summed E-state index contributed by atoms with van der Waals surface area (Å²) in [6.07, 6.45) is 0.927. The summed E-state index contributed by atoms with van der Waals surface area (Å²) in [5.74, 6) is 0.308. The van der Waals surface area contributed by atoms with Crippen LogP contribution in [-0.4, -0.2) is 31.8 Å². The van der Waals surface area contributed by atoms with E-state index in [0.717, 1.165) is 18.4 Å². The van der Waals surface area contributed by atoms with Crippen LogP contribution in [0.4, 0.5) is 4.79 Å². The van der Waals surface area contributed by atoms with E-state index < -0.39 is 27.8 Å². The Morgan fingerprint density at radius 1 is 1.28 bits per heavy atom. The van der Waals surface area contributed by atoms with Crippen LogP contribution in [0.25, 0.3) is 0 Å². The van der Waals surface area contributed by atoms with Gasteiger partial charge in [0.2, 0.25) is 0 Å². The largest absolute Gasteiger partial charge is 0.442 e. The lowest BCUT2D eigenvalue weighted by molar-refractivity contribution is -0.0813. The molecule has 0 aliphatic carbocycles. The summed E-state index contributed by atoms with van der Waals surface area (Å²) in [7, 11) is -3.95. The van der Waals surface area contributed by atoms with Crippen molar-refractivity contribution in [3.05, 3.63) is 29.8 Å². The molecule has 0 radical (unpaired) electrons. The molecular weight excluding hydrogens is 342 g/mol. The minimum atomic E-state index is -3.95. The summed E-state index contributed by atoms with van der Waals surface area (Å²) in [5.41, 5.74) is 0.109. The zero-order chi connectivity index (χ0) is 18.5. The molecule has 1 aromatic rings. The van der Waals surface area contributed by atoms with Gasteiger partial charge in [-0.2, -0.15) is 0 Å². The maximum Gasteiger partial charge on any atom is 0.421 e. The quantitative estimate of drug-likeness (QED) is 0.884. The van der Waals surface area contributed by atoms with E-state index in [9.17, 15) is 13.2 Å². The first kappa shape index (κ1) is 18.2. The highest BCUT2D eigenvalue weighted by Gasteiger charge is 2.61. The van der Waals surface area contributed by atoms with Crippen molar-refractivity contribution in [2.24, 2.45) is 5.92 Å². The second kappa shape index (κ2) is 5.99. The molecule has 2 bridgehead atoms. The summed E-state index contributed by atoms with van der Waals surface area (Å²) < 4.78 is 38.2. The number of hydrogen-bond acceptors (Lipinski definition) is 5. The van der Waals surface area contributed by atoms with Gasteiger partial charge >= 0.3 is 6.09 Å². The highest BCUT2D eigenvalue weighted by Crippen LogP contribution is 2.54. The number of carbonyl (C=O) groups excluding carboxylic acids is 1. The fourth-order valence-electron chi connectivity index (χ4n) is 3.77. The third kappa shape index (κ3) is 3.27. The van der Waals surface area contributed by atoms with Crippen LogP contribution in [0, 0.1) is 12.8 Å². The van der Waals surface area contributed by atoms with Crippen LogP contribution in [0.3, 0.4) is 0 Å². The Balaban J connectivity index is 1.68. The fraction of sp³-hybridized carbons (Fsp3) is 0.611. The van der Waals surface area contributed by atoms with Crippen molar-refractivity contribution in [1.29, 1.82) is 0 Å². The minimum absolute atomic E-state index is 0.0316. The first-order valence-electron chi connectivity index (χ1n) is 8.57. The fourth-order valence-corrected chi connectivity index (χ4v) is 4.65. The van der Waals surface area contributed by atoms with E-state index >= 15 is 0 Å². The summed E-state index contributed by atoms with van der Waals surface area (Å²) in [5, 5.41) is 0. The SMILES string of the molecule is Cc1ccc(S(=O)(=O)NC(=O)O[C@H]2C[C@@]3(C(C)C)CC[C@]2(C)O3)cc1. The van der Waals surface area contributed by atoms with Crippen molar-refractivity contribution in [3.8, 4) is 0 Å². The molecule has 2 aliphatic rings. The predicted molar refractivity (Wildman–Crippen MR) is 92.7 cm³/mol. The minimum Gasteiger partial charge on any atom is -0.442 e. The molecule has 0 saturated carbocycles. The summed E-state index contributed by atoms with van der Waals surface area (Å²) in [4.78, 5) is 12.2. The molecule has 6 nitrogen and oxygen atoms in total. The molecule has 25 heavy (non-hydrogen) atoms. The number of sulfonamides is 1. The lowest BCUT2D eigenvalue weighted by atomic mass is 9.75. The summed E-state index contributed by atoms with van der Waals surface area (Å²) >= 11 is 0. The van der Waals surface area contributed by atoms with Crippen LogP contribution in [0.5, 0.6) is 0 Å². The monoisotopic (exact) mass is 367 g/mol. The van der Waals surface area contributed by atoms with Gasteiger partial charge in [0.15, 0.2) is 0 Å². The van der Waals surface area contributed by atoms with Gasteiger partial charge in [0.1, 0.15) is 11.7 Å². The Kier molecular flexibility index (Phi) is 4.36. The average Bonchev–Trinajstić information content (AvgIpc) is 2.99. The molecule has 3 atom stereocenters. The smallest absolute Gasteiger partial charge is 0.421 e. The molecule has 2 heterocycles. The van der Waals surface area contributed by atoms with Gasteiger partial charge in [0, 0.05) is 6.42 Å². The van der Waals surface area contributed by atoms with E-state index in [-0.39, 0.29) is 10.5 Å². The van der Waals surface area contributed by atoms with Crippen LogP contribution in [0.2, 0.25) is 0 Å². The number of hydrogen-bond donors (Lipinski definition) is 1. The van der Waals surface area contributed by atoms with Crippen LogP contribution in [0.15, 0.2) is 29.2 Å². The molecule has 1 amide bonds. The number of amides is 1. The third-order valence-electron chi connectivity index (χ3n) is 5.54. The normalized spacial score (nSPS) is 31.3. The summed E-state index contributed by atoms with van der Waals surface area (Å²) in [6.45, 7) is 7.97. The van der Waals surface area contributed by atoms with E-state index in [0.29, 0.717) is 12.3 Å². The number of nitrogens with one attached hydrogen (secondary N) is 1. The maximum absolute atomic E-state index is 12.3. The van der Waals surface area contributed by atoms with Crippen LogP contribution in [-0.2, 0) is 19.5 Å². The number of aryl methyl sites for hydroxylation is 1. The van der Waals surface area contributed by atoms with E-state index in [1.54, 1.807) is 12.1 Å². The average molecular weight is 367 g/mol. The number of rotatable bonds is 4. The molecule has 1 aromatic carbocycles. The molecule has 7 heteroatoms. The Bertz CT molecular complexity index is 773. The van der Waals surface area contributed by atoms with Gasteiger partial charge in [-0.1, -0.05) is 31.5 Å². The van der Waals surface area contributed by atoms with Gasteiger partial charge in [0.05, 0.1) is 10.5 Å². The molecule has 138 valence electrons. The molecule has 0 unspecified atom stereocenters. The van der Waals surface area contributed by atoms with E-state index in [2.05, 4.69) is 13.8 Å². The number of benzene rings is 1. The van der Waals surface area contributed by atoms with Crippen molar-refractivity contribution in [1.82, 2.24) is 4.72 Å². The topological polar surface area (TPSA) is 81.7 Å². The van der Waals surface area contributed by atoms with Crippen LogP contribution < -0.4 is 4.72 Å². The van der Waals surface area contributed by atoms with Crippen molar-refractivity contribution in [2.75, 3.05) is 0 Å². The van der Waals surface area contributed by atoms with Gasteiger partial charge in [-0.25, -0.2) is 17.9 Å². The second-order valence-corrected chi connectivity index (χ2v) is 9.33. The van der Waals surface area contributed by atoms with Crippen molar-refractivity contribution in [3.63, 3.8) is 0 Å². The molecule has 3 rings (SSSR count). The zero-order valence-corrected chi connectivity index (χ0v) is 15.9. The second-order valence-electron chi connectivity index (χ2n) is 7.65. The Morgan fingerprint density at radius 2 is 1.92 bits per heavy atom. The third-order valence-corrected chi connectivity index (χ3v) is 6.87. The van der Waals surface area contributed by atoms with Crippen molar-refractivity contribution in [2.45, 2.75) is 69.2 Å². The van der Waals surface area contributed by atoms with Gasteiger partial charge in [-0.15, -0.1) is 0 Å². The lowest BCUT2D eigenvalue weighted by Gasteiger charge is -2.31. The van der Waals surface area contributed by atoms with E-state index in [1.165, 1.54) is 12.1 Å².